The van der Waals surface area contributed by atoms with E-state index in [4.69, 9.17) is 11.6 Å². The highest BCUT2D eigenvalue weighted by Crippen LogP contribution is 2.24. The van der Waals surface area contributed by atoms with Crippen molar-refractivity contribution in [1.29, 1.82) is 0 Å². The zero-order valence-electron chi connectivity index (χ0n) is 12.7. The summed E-state index contributed by atoms with van der Waals surface area (Å²) >= 11 is 5.97. The maximum atomic E-state index is 5.97. The zero-order valence-corrected chi connectivity index (χ0v) is 13.4. The quantitative estimate of drug-likeness (QED) is 0.752. The first-order valence-electron chi connectivity index (χ1n) is 7.56. The maximum Gasteiger partial charge on any atom is 0.0956 e. The van der Waals surface area contributed by atoms with Crippen LogP contribution >= 0.6 is 11.6 Å². The van der Waals surface area contributed by atoms with Crippen LogP contribution in [0.25, 0.3) is 5.57 Å². The second-order valence-corrected chi connectivity index (χ2v) is 5.84. The number of nitrogens with zero attached hydrogens (tertiary/aromatic N) is 2. The van der Waals surface area contributed by atoms with Gasteiger partial charge in [-0.3, -0.25) is 0 Å². The van der Waals surface area contributed by atoms with E-state index in [1.165, 1.54) is 5.57 Å². The standard InChI is InChI=1S/C19H19ClN2/c1-2-18(16-8-10-17(20)11-9-16)19-13-22(14-21-19)12-15-6-4-3-5-7-15/h2,4,6-11,13-14H,3,5,12H2,1H3/b18-2+. The summed E-state index contributed by atoms with van der Waals surface area (Å²) in [4.78, 5) is 4.56. The van der Waals surface area contributed by atoms with Crippen LogP contribution in [0.4, 0.5) is 0 Å². The van der Waals surface area contributed by atoms with Crippen LogP contribution in [-0.4, -0.2) is 9.55 Å². The van der Waals surface area contributed by atoms with E-state index in [0.717, 1.165) is 41.2 Å². The molecule has 22 heavy (non-hydrogen) atoms. The molecule has 1 aromatic carbocycles. The molecule has 3 heteroatoms. The van der Waals surface area contributed by atoms with Crippen molar-refractivity contribution in [2.24, 2.45) is 0 Å². The third-order valence-corrected chi connectivity index (χ3v) is 4.04. The molecule has 1 aliphatic rings. The van der Waals surface area contributed by atoms with Crippen LogP contribution in [0.15, 0.2) is 66.7 Å². The molecular formula is C19H19ClN2. The molecule has 0 N–H and O–H groups in total. The molecule has 2 aromatic rings. The monoisotopic (exact) mass is 310 g/mol. The molecule has 0 saturated heterocycles. The zero-order chi connectivity index (χ0) is 15.4. The minimum Gasteiger partial charge on any atom is -0.332 e. The third kappa shape index (κ3) is 3.40. The Bertz CT molecular complexity index is 733. The average Bonchev–Trinajstić information content (AvgIpc) is 2.99. The highest BCUT2D eigenvalue weighted by atomic mass is 35.5. The molecule has 1 aromatic heterocycles. The van der Waals surface area contributed by atoms with Gasteiger partial charge in [-0.25, -0.2) is 4.98 Å². The van der Waals surface area contributed by atoms with Crippen LogP contribution in [0.3, 0.4) is 0 Å². The molecular weight excluding hydrogens is 292 g/mol. The molecule has 3 rings (SSSR count). The van der Waals surface area contributed by atoms with Crippen molar-refractivity contribution in [2.75, 3.05) is 0 Å². The predicted octanol–water partition coefficient (Wildman–Crippen LogP) is 5.26. The van der Waals surface area contributed by atoms with Crippen molar-refractivity contribution in [2.45, 2.75) is 26.3 Å². The van der Waals surface area contributed by atoms with E-state index in [2.05, 4.69) is 40.1 Å². The van der Waals surface area contributed by atoms with E-state index in [9.17, 15) is 0 Å². The van der Waals surface area contributed by atoms with E-state index in [1.807, 2.05) is 37.5 Å². The van der Waals surface area contributed by atoms with Crippen molar-refractivity contribution < 1.29 is 0 Å². The van der Waals surface area contributed by atoms with Gasteiger partial charge < -0.3 is 4.57 Å². The Balaban J connectivity index is 1.81. The molecule has 0 fully saturated rings. The normalized spacial score (nSPS) is 15.0. The van der Waals surface area contributed by atoms with Gasteiger partial charge in [0.15, 0.2) is 0 Å². The van der Waals surface area contributed by atoms with Crippen molar-refractivity contribution in [1.82, 2.24) is 9.55 Å². The smallest absolute Gasteiger partial charge is 0.0956 e. The highest BCUT2D eigenvalue weighted by molar-refractivity contribution is 6.30. The molecule has 0 amide bonds. The number of halogens is 1. The molecule has 0 bridgehead atoms. The Hall–Kier alpha value is -2.06. The first-order valence-corrected chi connectivity index (χ1v) is 7.94. The Labute approximate surface area is 136 Å². The summed E-state index contributed by atoms with van der Waals surface area (Å²) < 4.78 is 2.14. The lowest BCUT2D eigenvalue weighted by atomic mass is 10.0. The van der Waals surface area contributed by atoms with Crippen LogP contribution in [-0.2, 0) is 6.54 Å². The van der Waals surface area contributed by atoms with Gasteiger partial charge in [-0.15, -0.1) is 0 Å². The first-order chi connectivity index (χ1) is 10.8. The lowest BCUT2D eigenvalue weighted by Gasteiger charge is -2.07. The van der Waals surface area contributed by atoms with Crippen LogP contribution in [0.1, 0.15) is 31.0 Å². The number of hydrogen-bond acceptors (Lipinski definition) is 1. The minimum atomic E-state index is 0.751. The van der Waals surface area contributed by atoms with Gasteiger partial charge in [-0.2, -0.15) is 0 Å². The first kappa shape index (κ1) is 14.9. The third-order valence-electron chi connectivity index (χ3n) is 3.79. The number of allylic oxidation sites excluding steroid dienone is 5. The molecule has 112 valence electrons. The number of hydrogen-bond donors (Lipinski definition) is 0. The number of imidazole rings is 1. The number of aromatic nitrogens is 2. The summed E-state index contributed by atoms with van der Waals surface area (Å²) in [5, 5.41) is 0.751. The lowest BCUT2D eigenvalue weighted by molar-refractivity contribution is 0.784. The van der Waals surface area contributed by atoms with Gasteiger partial charge in [-0.05, 0) is 43.0 Å². The molecule has 0 spiro atoms. The van der Waals surface area contributed by atoms with E-state index < -0.39 is 0 Å². The summed E-state index contributed by atoms with van der Waals surface area (Å²) in [6.07, 6.45) is 15.1. The van der Waals surface area contributed by atoms with Gasteiger partial charge in [0, 0.05) is 23.3 Å². The van der Waals surface area contributed by atoms with Gasteiger partial charge in [0.1, 0.15) is 0 Å². The van der Waals surface area contributed by atoms with E-state index >= 15 is 0 Å². The fourth-order valence-corrected chi connectivity index (χ4v) is 2.80. The molecule has 0 atom stereocenters. The van der Waals surface area contributed by atoms with Gasteiger partial charge in [0.2, 0.25) is 0 Å². The second-order valence-electron chi connectivity index (χ2n) is 5.40. The average molecular weight is 311 g/mol. The van der Waals surface area contributed by atoms with E-state index in [-0.39, 0.29) is 0 Å². The van der Waals surface area contributed by atoms with Crippen LogP contribution in [0.2, 0.25) is 5.02 Å². The summed E-state index contributed by atoms with van der Waals surface area (Å²) in [6, 6.07) is 7.89. The summed E-state index contributed by atoms with van der Waals surface area (Å²) in [6.45, 7) is 2.91. The largest absolute Gasteiger partial charge is 0.332 e. The predicted molar refractivity (Wildman–Crippen MR) is 92.9 cm³/mol. The molecule has 1 heterocycles. The molecule has 0 radical (unpaired) electrons. The Morgan fingerprint density at radius 3 is 2.77 bits per heavy atom. The van der Waals surface area contributed by atoms with Gasteiger partial charge in [0.05, 0.1) is 12.0 Å². The Morgan fingerprint density at radius 1 is 1.27 bits per heavy atom. The Kier molecular flexibility index (Phi) is 4.59. The minimum absolute atomic E-state index is 0.751. The topological polar surface area (TPSA) is 17.8 Å². The van der Waals surface area contributed by atoms with Crippen LogP contribution in [0, 0.1) is 0 Å². The summed E-state index contributed by atoms with van der Waals surface area (Å²) in [7, 11) is 0. The van der Waals surface area contributed by atoms with Gasteiger partial charge in [0.25, 0.3) is 0 Å². The Morgan fingerprint density at radius 2 is 2.09 bits per heavy atom. The van der Waals surface area contributed by atoms with Crippen molar-refractivity contribution >= 4 is 17.2 Å². The summed E-state index contributed by atoms with van der Waals surface area (Å²) in [5.74, 6) is 0. The van der Waals surface area contributed by atoms with Gasteiger partial charge >= 0.3 is 0 Å². The molecule has 0 unspecified atom stereocenters. The van der Waals surface area contributed by atoms with Crippen molar-refractivity contribution in [3.63, 3.8) is 0 Å². The summed E-state index contributed by atoms with van der Waals surface area (Å²) in [5.41, 5.74) is 4.60. The van der Waals surface area contributed by atoms with E-state index in [0.29, 0.717) is 0 Å². The number of benzene rings is 1. The number of rotatable bonds is 4. The highest BCUT2D eigenvalue weighted by Gasteiger charge is 2.08. The molecule has 2 nitrogen and oxygen atoms in total. The molecule has 1 aliphatic carbocycles. The van der Waals surface area contributed by atoms with Crippen LogP contribution < -0.4 is 0 Å². The SMILES string of the molecule is C/C=C(\c1ccc(Cl)cc1)c1cn(CC2=CCCC=C2)cn1. The maximum absolute atomic E-state index is 5.97. The van der Waals surface area contributed by atoms with Gasteiger partial charge in [-0.1, -0.05) is 48.0 Å². The lowest BCUT2D eigenvalue weighted by Crippen LogP contribution is -1.98. The molecule has 0 saturated carbocycles. The van der Waals surface area contributed by atoms with Crippen LogP contribution in [0.5, 0.6) is 0 Å². The molecule has 0 aliphatic heterocycles. The van der Waals surface area contributed by atoms with Crippen molar-refractivity contribution in [3.05, 3.63) is 82.9 Å². The fraction of sp³-hybridized carbons (Fsp3) is 0.211. The van der Waals surface area contributed by atoms with Crippen molar-refractivity contribution in [3.8, 4) is 0 Å². The van der Waals surface area contributed by atoms with E-state index in [1.54, 1.807) is 0 Å². The fourth-order valence-electron chi connectivity index (χ4n) is 2.67. The second kappa shape index (κ2) is 6.80.